The van der Waals surface area contributed by atoms with Crippen LogP contribution in [-0.2, 0) is 6.42 Å². The maximum absolute atomic E-state index is 13.3. The predicted octanol–water partition coefficient (Wildman–Crippen LogP) is 3.38. The van der Waals surface area contributed by atoms with Gasteiger partial charge in [0.15, 0.2) is 11.3 Å². The first-order valence-electron chi connectivity index (χ1n) is 9.98. The molecule has 0 unspecified atom stereocenters. The fourth-order valence-electron chi connectivity index (χ4n) is 3.37. The third-order valence-corrected chi connectivity index (χ3v) is 4.84. The molecule has 4 aromatic rings. The number of nitrogens with zero attached hydrogens (tertiary/aromatic N) is 3. The van der Waals surface area contributed by atoms with Gasteiger partial charge in [0.1, 0.15) is 11.3 Å². The molecule has 8 nitrogen and oxygen atoms in total. The van der Waals surface area contributed by atoms with Gasteiger partial charge in [0, 0.05) is 11.1 Å². The normalized spacial score (nSPS) is 11.1. The molecule has 0 aliphatic rings. The fraction of sp³-hybridized carbons (Fsp3) is 0.217. The predicted molar refractivity (Wildman–Crippen MR) is 119 cm³/mol. The molecule has 0 radical (unpaired) electrons. The third-order valence-electron chi connectivity index (χ3n) is 4.84. The molecule has 0 bridgehead atoms. The molecule has 0 saturated heterocycles. The van der Waals surface area contributed by atoms with Crippen LogP contribution in [0.2, 0.25) is 0 Å². The second kappa shape index (κ2) is 8.43. The SMILES string of the molecule is COc1cccc(-c2nc3c(CC(C)C)[nH]nc3c(=O)n2NC(=O)c2ccccc2)c1. The number of hydrogen-bond acceptors (Lipinski definition) is 5. The van der Waals surface area contributed by atoms with Gasteiger partial charge in [-0.15, -0.1) is 0 Å². The minimum Gasteiger partial charge on any atom is -0.497 e. The fourth-order valence-corrected chi connectivity index (χ4v) is 3.37. The molecule has 8 heteroatoms. The Morgan fingerprint density at radius 1 is 1.13 bits per heavy atom. The zero-order valence-electron chi connectivity index (χ0n) is 17.5. The molecule has 158 valence electrons. The molecule has 31 heavy (non-hydrogen) atoms. The van der Waals surface area contributed by atoms with Crippen LogP contribution in [0.3, 0.4) is 0 Å². The molecule has 1 amide bonds. The average Bonchev–Trinajstić information content (AvgIpc) is 3.18. The molecule has 2 aromatic carbocycles. The van der Waals surface area contributed by atoms with E-state index in [0.29, 0.717) is 40.6 Å². The van der Waals surface area contributed by atoms with E-state index in [-0.39, 0.29) is 5.52 Å². The summed E-state index contributed by atoms with van der Waals surface area (Å²) >= 11 is 0. The van der Waals surface area contributed by atoms with Crippen LogP contribution in [0, 0.1) is 5.92 Å². The Labute approximate surface area is 178 Å². The number of ether oxygens (including phenoxy) is 1. The number of H-pyrrole nitrogens is 1. The summed E-state index contributed by atoms with van der Waals surface area (Å²) in [5.41, 5.74) is 4.74. The van der Waals surface area contributed by atoms with E-state index in [9.17, 15) is 9.59 Å². The Balaban J connectivity index is 1.91. The van der Waals surface area contributed by atoms with Crippen molar-refractivity contribution in [3.8, 4) is 17.1 Å². The van der Waals surface area contributed by atoms with E-state index < -0.39 is 11.5 Å². The van der Waals surface area contributed by atoms with Crippen molar-refractivity contribution in [1.82, 2.24) is 19.9 Å². The summed E-state index contributed by atoms with van der Waals surface area (Å²) in [4.78, 5) is 30.9. The van der Waals surface area contributed by atoms with E-state index in [2.05, 4.69) is 29.5 Å². The lowest BCUT2D eigenvalue weighted by molar-refractivity contribution is 0.101. The third kappa shape index (κ3) is 4.05. The molecule has 2 heterocycles. The lowest BCUT2D eigenvalue weighted by Crippen LogP contribution is -2.35. The van der Waals surface area contributed by atoms with Crippen LogP contribution in [0.1, 0.15) is 29.9 Å². The molecule has 4 rings (SSSR count). The number of aromatic nitrogens is 4. The number of rotatable bonds is 6. The van der Waals surface area contributed by atoms with Gasteiger partial charge in [-0.25, -0.2) is 4.98 Å². The Morgan fingerprint density at radius 3 is 2.61 bits per heavy atom. The van der Waals surface area contributed by atoms with Crippen molar-refractivity contribution in [3.05, 3.63) is 76.2 Å². The van der Waals surface area contributed by atoms with E-state index in [1.807, 2.05) is 12.1 Å². The number of amides is 1. The van der Waals surface area contributed by atoms with Gasteiger partial charge in [-0.3, -0.25) is 20.1 Å². The number of aromatic amines is 1. The van der Waals surface area contributed by atoms with Gasteiger partial charge in [0.05, 0.1) is 12.8 Å². The van der Waals surface area contributed by atoms with Gasteiger partial charge in [-0.1, -0.05) is 44.2 Å². The molecule has 0 aliphatic heterocycles. The molecule has 0 aliphatic carbocycles. The van der Waals surface area contributed by atoms with E-state index >= 15 is 0 Å². The molecule has 2 N–H and O–H groups in total. The molecular formula is C23H23N5O3. The zero-order valence-corrected chi connectivity index (χ0v) is 17.5. The molecule has 0 spiro atoms. The van der Waals surface area contributed by atoms with Crippen LogP contribution in [-0.4, -0.2) is 32.9 Å². The number of benzene rings is 2. The first kappa shape index (κ1) is 20.3. The Hall–Kier alpha value is -3.94. The summed E-state index contributed by atoms with van der Waals surface area (Å²) in [6.07, 6.45) is 0.695. The molecule has 0 fully saturated rings. The van der Waals surface area contributed by atoms with Crippen molar-refractivity contribution < 1.29 is 9.53 Å². The Morgan fingerprint density at radius 2 is 1.90 bits per heavy atom. The Kier molecular flexibility index (Phi) is 5.53. The van der Waals surface area contributed by atoms with E-state index in [1.165, 1.54) is 0 Å². The second-order valence-corrected chi connectivity index (χ2v) is 7.61. The highest BCUT2D eigenvalue weighted by Crippen LogP contribution is 2.24. The van der Waals surface area contributed by atoms with Crippen molar-refractivity contribution in [3.63, 3.8) is 0 Å². The van der Waals surface area contributed by atoms with Gasteiger partial charge in [-0.05, 0) is 36.6 Å². The maximum Gasteiger partial charge on any atom is 0.301 e. The summed E-state index contributed by atoms with van der Waals surface area (Å²) in [5, 5.41) is 7.12. The highest BCUT2D eigenvalue weighted by Gasteiger charge is 2.20. The van der Waals surface area contributed by atoms with Crippen molar-refractivity contribution in [1.29, 1.82) is 0 Å². The van der Waals surface area contributed by atoms with Crippen LogP contribution >= 0.6 is 0 Å². The summed E-state index contributed by atoms with van der Waals surface area (Å²) < 4.78 is 6.47. The number of carbonyl (C=O) groups is 1. The summed E-state index contributed by atoms with van der Waals surface area (Å²) in [6, 6.07) is 15.9. The highest BCUT2D eigenvalue weighted by atomic mass is 16.5. The maximum atomic E-state index is 13.3. The van der Waals surface area contributed by atoms with Gasteiger partial charge in [-0.2, -0.15) is 9.77 Å². The number of methoxy groups -OCH3 is 1. The van der Waals surface area contributed by atoms with Crippen molar-refractivity contribution in [2.24, 2.45) is 5.92 Å². The van der Waals surface area contributed by atoms with Crippen molar-refractivity contribution in [2.75, 3.05) is 12.5 Å². The van der Waals surface area contributed by atoms with Gasteiger partial charge in [0.25, 0.3) is 5.91 Å². The standard InChI is InChI=1S/C23H23N5O3/c1-14(2)12-18-19-20(26-25-18)23(30)28(27-22(29)15-8-5-4-6-9-15)21(24-19)16-10-7-11-17(13-16)31-3/h4-11,13-14H,12H2,1-3H3,(H,25,26)(H,27,29). The van der Waals surface area contributed by atoms with Gasteiger partial charge in [0.2, 0.25) is 0 Å². The quantitative estimate of drug-likeness (QED) is 0.501. The molecule has 0 saturated carbocycles. The lowest BCUT2D eigenvalue weighted by atomic mass is 10.1. The molecule has 0 atom stereocenters. The van der Waals surface area contributed by atoms with Crippen LogP contribution in [0.25, 0.3) is 22.4 Å². The van der Waals surface area contributed by atoms with Crippen molar-refractivity contribution in [2.45, 2.75) is 20.3 Å². The van der Waals surface area contributed by atoms with Crippen molar-refractivity contribution >= 4 is 16.9 Å². The first-order valence-corrected chi connectivity index (χ1v) is 9.98. The highest BCUT2D eigenvalue weighted by molar-refractivity contribution is 6.00. The Bertz CT molecular complexity index is 1290. The number of nitrogens with one attached hydrogen (secondary N) is 2. The monoisotopic (exact) mass is 417 g/mol. The minimum absolute atomic E-state index is 0.177. The summed E-state index contributed by atoms with van der Waals surface area (Å²) in [5.74, 6) is 0.839. The van der Waals surface area contributed by atoms with Crippen LogP contribution in [0.15, 0.2) is 59.4 Å². The molecular weight excluding hydrogens is 394 g/mol. The number of carbonyl (C=O) groups excluding carboxylic acids is 1. The van der Waals surface area contributed by atoms with Crippen LogP contribution in [0.4, 0.5) is 0 Å². The van der Waals surface area contributed by atoms with Gasteiger partial charge < -0.3 is 4.74 Å². The van der Waals surface area contributed by atoms with E-state index in [1.54, 1.807) is 49.6 Å². The first-order chi connectivity index (χ1) is 15.0. The largest absolute Gasteiger partial charge is 0.497 e. The smallest absolute Gasteiger partial charge is 0.301 e. The average molecular weight is 417 g/mol. The summed E-state index contributed by atoms with van der Waals surface area (Å²) in [6.45, 7) is 4.16. The molecule has 2 aromatic heterocycles. The topological polar surface area (TPSA) is 102 Å². The van der Waals surface area contributed by atoms with Gasteiger partial charge >= 0.3 is 5.56 Å². The summed E-state index contributed by atoms with van der Waals surface area (Å²) in [7, 11) is 1.57. The number of hydrogen-bond donors (Lipinski definition) is 2. The van der Waals surface area contributed by atoms with E-state index in [4.69, 9.17) is 9.72 Å². The number of fused-ring (bicyclic) bond motifs is 1. The lowest BCUT2D eigenvalue weighted by Gasteiger charge is -2.14. The minimum atomic E-state index is -0.460. The van der Waals surface area contributed by atoms with Crippen LogP contribution < -0.4 is 15.7 Å². The second-order valence-electron chi connectivity index (χ2n) is 7.61. The zero-order chi connectivity index (χ0) is 22.0. The van der Waals surface area contributed by atoms with Crippen LogP contribution in [0.5, 0.6) is 5.75 Å². The van der Waals surface area contributed by atoms with E-state index in [0.717, 1.165) is 10.4 Å².